The molecule has 1 aromatic carbocycles. The number of hydrogen-bond donors (Lipinski definition) is 0. The van der Waals surface area contributed by atoms with Crippen LogP contribution in [0.3, 0.4) is 0 Å². The normalized spacial score (nSPS) is 20.1. The molecule has 0 atom stereocenters. The Morgan fingerprint density at radius 2 is 1.71 bits per heavy atom. The molecule has 2 aliphatic heterocycles. The highest BCUT2D eigenvalue weighted by atomic mass is 15.3. The first-order valence-electron chi connectivity index (χ1n) is 11.0. The van der Waals surface area contributed by atoms with E-state index in [2.05, 4.69) is 45.2 Å². The maximum absolute atomic E-state index is 5.02. The topological polar surface area (TPSA) is 36.7 Å². The Morgan fingerprint density at radius 3 is 2.50 bits per heavy atom. The number of benzene rings is 1. The molecule has 0 spiro atoms. The molecule has 5 heteroatoms. The van der Waals surface area contributed by atoms with Crippen molar-refractivity contribution in [2.45, 2.75) is 45.4 Å². The van der Waals surface area contributed by atoms with Gasteiger partial charge >= 0.3 is 0 Å². The van der Waals surface area contributed by atoms with Gasteiger partial charge in [0, 0.05) is 31.1 Å². The van der Waals surface area contributed by atoms with E-state index in [1.54, 1.807) is 0 Å². The molecule has 2 aliphatic rings. The van der Waals surface area contributed by atoms with Gasteiger partial charge in [-0.15, -0.1) is 0 Å². The summed E-state index contributed by atoms with van der Waals surface area (Å²) in [5.41, 5.74) is 3.13. The van der Waals surface area contributed by atoms with Crippen molar-refractivity contribution in [2.75, 3.05) is 37.6 Å². The zero-order valence-corrected chi connectivity index (χ0v) is 17.0. The quantitative estimate of drug-likeness (QED) is 0.682. The molecule has 0 N–H and O–H groups in total. The fraction of sp³-hybridized carbons (Fsp3) is 0.565. The van der Waals surface area contributed by atoms with Gasteiger partial charge in [0.1, 0.15) is 5.82 Å². The van der Waals surface area contributed by atoms with Gasteiger partial charge in [0.05, 0.1) is 11.2 Å². The Kier molecular flexibility index (Phi) is 4.93. The third-order valence-corrected chi connectivity index (χ3v) is 6.54. The Balaban J connectivity index is 1.35. The predicted molar refractivity (Wildman–Crippen MR) is 115 cm³/mol. The number of anilines is 1. The summed E-state index contributed by atoms with van der Waals surface area (Å²) in [6.07, 6.45) is 8.17. The number of likely N-dealkylation sites (tertiary alicyclic amines) is 1. The molecule has 0 radical (unpaired) electrons. The monoisotopic (exact) mass is 377 g/mol. The van der Waals surface area contributed by atoms with Gasteiger partial charge in [-0.2, -0.15) is 5.10 Å². The number of aryl methyl sites for hydroxylation is 1. The Labute approximate surface area is 167 Å². The summed E-state index contributed by atoms with van der Waals surface area (Å²) in [5, 5.41) is 5.85. The zero-order valence-electron chi connectivity index (χ0n) is 17.0. The molecule has 0 bridgehead atoms. The van der Waals surface area contributed by atoms with Crippen molar-refractivity contribution in [3.8, 4) is 0 Å². The second-order valence-corrected chi connectivity index (χ2v) is 8.65. The highest BCUT2D eigenvalue weighted by Crippen LogP contribution is 2.30. The van der Waals surface area contributed by atoms with E-state index in [1.165, 1.54) is 63.5 Å². The van der Waals surface area contributed by atoms with Crippen LogP contribution in [-0.4, -0.2) is 52.2 Å². The molecule has 0 amide bonds. The van der Waals surface area contributed by atoms with Gasteiger partial charge in [-0.05, 0) is 63.7 Å². The molecule has 4 heterocycles. The number of rotatable bonds is 3. The minimum absolute atomic E-state index is 0.835. The lowest BCUT2D eigenvalue weighted by Gasteiger charge is -2.35. The van der Waals surface area contributed by atoms with Gasteiger partial charge in [0.2, 0.25) is 0 Å². The third kappa shape index (κ3) is 3.48. The van der Waals surface area contributed by atoms with Crippen LogP contribution in [0.4, 0.5) is 5.82 Å². The minimum Gasteiger partial charge on any atom is -0.356 e. The van der Waals surface area contributed by atoms with Crippen molar-refractivity contribution in [1.82, 2.24) is 19.5 Å². The molecule has 2 saturated heterocycles. The maximum atomic E-state index is 5.02. The molecule has 3 aromatic rings. The van der Waals surface area contributed by atoms with E-state index in [4.69, 9.17) is 4.98 Å². The average Bonchev–Trinajstić information content (AvgIpc) is 2.92. The fourth-order valence-corrected chi connectivity index (χ4v) is 5.01. The van der Waals surface area contributed by atoms with Crippen molar-refractivity contribution in [1.29, 1.82) is 0 Å². The zero-order chi connectivity index (χ0) is 18.9. The summed E-state index contributed by atoms with van der Waals surface area (Å²) in [6, 6.07) is 10.6. The highest BCUT2D eigenvalue weighted by Gasteiger charge is 2.24. The lowest BCUT2D eigenvalue weighted by molar-refractivity contribution is 0.218. The van der Waals surface area contributed by atoms with E-state index in [-0.39, 0.29) is 0 Å². The van der Waals surface area contributed by atoms with Crippen molar-refractivity contribution in [3.05, 3.63) is 36.0 Å². The van der Waals surface area contributed by atoms with Gasteiger partial charge in [-0.25, -0.2) is 9.50 Å². The standard InChI is InChI=1S/C23H31N5/c1-18-16-22-24-23(20-8-4-5-9-21(20)28(22)25-18)27-14-10-19(11-15-27)17-26-12-6-2-3-7-13-26/h4-5,8-9,16,19H,2-3,6-7,10-15,17H2,1H3. The molecule has 2 aromatic heterocycles. The summed E-state index contributed by atoms with van der Waals surface area (Å²) in [4.78, 5) is 10.2. The van der Waals surface area contributed by atoms with Gasteiger partial charge in [-0.3, -0.25) is 0 Å². The predicted octanol–water partition coefficient (Wildman–Crippen LogP) is 4.28. The average molecular weight is 378 g/mol. The van der Waals surface area contributed by atoms with Gasteiger partial charge < -0.3 is 9.80 Å². The molecular weight excluding hydrogens is 346 g/mol. The summed E-state index contributed by atoms with van der Waals surface area (Å²) in [5.74, 6) is 1.97. The van der Waals surface area contributed by atoms with Crippen LogP contribution in [0.15, 0.2) is 30.3 Å². The SMILES string of the molecule is Cc1cc2nc(N3CCC(CN4CCCCCC4)CC3)c3ccccc3n2n1. The second kappa shape index (κ2) is 7.70. The summed E-state index contributed by atoms with van der Waals surface area (Å²) >= 11 is 0. The molecule has 28 heavy (non-hydrogen) atoms. The Bertz CT molecular complexity index is 946. The van der Waals surface area contributed by atoms with Gasteiger partial charge in [-0.1, -0.05) is 25.0 Å². The van der Waals surface area contributed by atoms with Crippen LogP contribution < -0.4 is 4.90 Å². The molecule has 0 unspecified atom stereocenters. The molecule has 2 fully saturated rings. The molecular formula is C23H31N5. The van der Waals surface area contributed by atoms with Crippen molar-refractivity contribution < 1.29 is 0 Å². The number of aromatic nitrogens is 3. The van der Waals surface area contributed by atoms with E-state index >= 15 is 0 Å². The highest BCUT2D eigenvalue weighted by molar-refractivity contribution is 5.91. The lowest BCUT2D eigenvalue weighted by Crippen LogP contribution is -2.39. The lowest BCUT2D eigenvalue weighted by atomic mass is 9.95. The van der Waals surface area contributed by atoms with Crippen LogP contribution in [0.25, 0.3) is 16.6 Å². The fourth-order valence-electron chi connectivity index (χ4n) is 5.01. The van der Waals surface area contributed by atoms with Gasteiger partial charge in [0.25, 0.3) is 0 Å². The van der Waals surface area contributed by atoms with Crippen molar-refractivity contribution in [3.63, 3.8) is 0 Å². The van der Waals surface area contributed by atoms with Crippen molar-refractivity contribution >= 4 is 22.4 Å². The molecule has 0 aliphatic carbocycles. The molecule has 0 saturated carbocycles. The first-order chi connectivity index (χ1) is 13.8. The van der Waals surface area contributed by atoms with E-state index in [0.29, 0.717) is 0 Å². The summed E-state index contributed by atoms with van der Waals surface area (Å²) in [7, 11) is 0. The first-order valence-corrected chi connectivity index (χ1v) is 11.0. The minimum atomic E-state index is 0.835. The largest absolute Gasteiger partial charge is 0.356 e. The number of hydrogen-bond acceptors (Lipinski definition) is 4. The molecule has 5 nitrogen and oxygen atoms in total. The Morgan fingerprint density at radius 1 is 0.964 bits per heavy atom. The van der Waals surface area contributed by atoms with Crippen LogP contribution >= 0.6 is 0 Å². The van der Waals surface area contributed by atoms with Crippen molar-refractivity contribution in [2.24, 2.45) is 5.92 Å². The number of fused-ring (bicyclic) bond motifs is 3. The van der Waals surface area contributed by atoms with E-state index in [9.17, 15) is 0 Å². The summed E-state index contributed by atoms with van der Waals surface area (Å²) in [6.45, 7) is 8.17. The van der Waals surface area contributed by atoms with Crippen LogP contribution in [-0.2, 0) is 0 Å². The maximum Gasteiger partial charge on any atom is 0.158 e. The van der Waals surface area contributed by atoms with E-state index in [1.807, 2.05) is 11.4 Å². The van der Waals surface area contributed by atoms with Crippen LogP contribution in [0.2, 0.25) is 0 Å². The molecule has 5 rings (SSSR count). The van der Waals surface area contributed by atoms with Gasteiger partial charge in [0.15, 0.2) is 5.65 Å². The Hall–Kier alpha value is -2.14. The molecule has 148 valence electrons. The smallest absolute Gasteiger partial charge is 0.158 e. The van der Waals surface area contributed by atoms with Crippen LogP contribution in [0, 0.1) is 12.8 Å². The van der Waals surface area contributed by atoms with Crippen LogP contribution in [0.5, 0.6) is 0 Å². The second-order valence-electron chi connectivity index (χ2n) is 8.65. The number of nitrogens with zero attached hydrogens (tertiary/aromatic N) is 5. The van der Waals surface area contributed by atoms with E-state index in [0.717, 1.165) is 41.7 Å². The first kappa shape index (κ1) is 17.9. The number of piperidine rings is 1. The summed E-state index contributed by atoms with van der Waals surface area (Å²) < 4.78 is 1.99. The van der Waals surface area contributed by atoms with Crippen LogP contribution in [0.1, 0.15) is 44.2 Å². The number of para-hydroxylation sites is 1. The van der Waals surface area contributed by atoms with E-state index < -0.39 is 0 Å². The third-order valence-electron chi connectivity index (χ3n) is 6.54.